The number of furan rings is 1. The van der Waals surface area contributed by atoms with Crippen LogP contribution in [0.15, 0.2) is 211 Å². The predicted molar refractivity (Wildman–Crippen MR) is 253 cm³/mol. The quantitative estimate of drug-likeness (QED) is 0.164. The molecule has 12 aromatic carbocycles. The minimum absolute atomic E-state index is 0.872. The number of hydrogen-bond donors (Lipinski definition) is 0. The molecule has 0 bridgehead atoms. The van der Waals surface area contributed by atoms with Gasteiger partial charge in [-0.25, -0.2) is 0 Å². The lowest BCUT2D eigenvalue weighted by atomic mass is 9.87. The second-order valence-corrected chi connectivity index (χ2v) is 15.9. The highest BCUT2D eigenvalue weighted by molar-refractivity contribution is 6.34. The molecule has 0 aliphatic heterocycles. The zero-order valence-electron chi connectivity index (χ0n) is 32.0. The summed E-state index contributed by atoms with van der Waals surface area (Å²) < 4.78 is 7.29. The van der Waals surface area contributed by atoms with Crippen molar-refractivity contribution in [2.75, 3.05) is 0 Å². The molecule has 0 spiro atoms. The van der Waals surface area contributed by atoms with Gasteiger partial charge in [-0.3, -0.25) is 0 Å². The maximum atomic E-state index is 7.29. The molecule has 13 rings (SSSR count). The number of fused-ring (bicyclic) bond motifs is 17. The molecule has 0 aliphatic rings. The Balaban J connectivity index is 1.12. The summed E-state index contributed by atoms with van der Waals surface area (Å²) in [6.45, 7) is 0. The first kappa shape index (κ1) is 32.4. The molecule has 0 fully saturated rings. The SMILES string of the molecule is c1ccc(-c2c(-c3cc4c5ccccc5c5ccccc5c4c4ccccc34)oc3cc(-c4cc5c6ccccc6c6ccccc6c5c5ccccc45)ccc23)cc1. The van der Waals surface area contributed by atoms with Crippen molar-refractivity contribution >= 4 is 97.1 Å². The predicted octanol–water partition coefficient (Wildman–Crippen LogP) is 16.7. The first-order valence-corrected chi connectivity index (χ1v) is 20.4. The Kier molecular flexibility index (Phi) is 6.79. The van der Waals surface area contributed by atoms with Crippen molar-refractivity contribution in [3.8, 4) is 33.6 Å². The highest BCUT2D eigenvalue weighted by Gasteiger charge is 2.23. The molecule has 0 atom stereocenters. The molecular weight excluding hydrogens is 713 g/mol. The fourth-order valence-electron chi connectivity index (χ4n) is 10.3. The van der Waals surface area contributed by atoms with Gasteiger partial charge >= 0.3 is 0 Å². The summed E-state index contributed by atoms with van der Waals surface area (Å²) in [7, 11) is 0. The van der Waals surface area contributed by atoms with Gasteiger partial charge in [-0.1, -0.05) is 182 Å². The molecule has 1 nitrogen and oxygen atoms in total. The second kappa shape index (κ2) is 12.4. The van der Waals surface area contributed by atoms with Gasteiger partial charge in [-0.05, 0) is 127 Å². The summed E-state index contributed by atoms with van der Waals surface area (Å²) in [5.74, 6) is 0.888. The Morgan fingerprint density at radius 3 is 1.12 bits per heavy atom. The van der Waals surface area contributed by atoms with E-state index < -0.39 is 0 Å². The third kappa shape index (κ3) is 4.62. The lowest BCUT2D eigenvalue weighted by Crippen LogP contribution is -1.89. The Morgan fingerprint density at radius 1 is 0.237 bits per heavy atom. The molecule has 1 aromatic heterocycles. The highest BCUT2D eigenvalue weighted by Crippen LogP contribution is 2.49. The Labute approximate surface area is 340 Å². The van der Waals surface area contributed by atoms with E-state index in [9.17, 15) is 0 Å². The van der Waals surface area contributed by atoms with Crippen LogP contribution in [0, 0.1) is 0 Å². The first-order chi connectivity index (χ1) is 29.3. The van der Waals surface area contributed by atoms with Crippen LogP contribution in [-0.4, -0.2) is 0 Å². The largest absolute Gasteiger partial charge is 0.455 e. The summed E-state index contributed by atoms with van der Waals surface area (Å²) in [5, 5.41) is 21.2. The average Bonchev–Trinajstić information content (AvgIpc) is 3.70. The lowest BCUT2D eigenvalue weighted by Gasteiger charge is -2.16. The van der Waals surface area contributed by atoms with Crippen molar-refractivity contribution < 1.29 is 4.42 Å². The maximum Gasteiger partial charge on any atom is 0.143 e. The van der Waals surface area contributed by atoms with Crippen LogP contribution in [0.2, 0.25) is 0 Å². The van der Waals surface area contributed by atoms with Crippen LogP contribution in [0.5, 0.6) is 0 Å². The van der Waals surface area contributed by atoms with Gasteiger partial charge in [0.2, 0.25) is 0 Å². The van der Waals surface area contributed by atoms with E-state index in [0.717, 1.165) is 39.0 Å². The normalized spacial score (nSPS) is 12.1. The molecule has 0 amide bonds. The topological polar surface area (TPSA) is 13.1 Å². The molecule has 272 valence electrons. The van der Waals surface area contributed by atoms with E-state index in [0.29, 0.717) is 0 Å². The highest BCUT2D eigenvalue weighted by atomic mass is 16.3. The minimum Gasteiger partial charge on any atom is -0.455 e. The van der Waals surface area contributed by atoms with Gasteiger partial charge in [-0.15, -0.1) is 0 Å². The van der Waals surface area contributed by atoms with Crippen LogP contribution in [0.4, 0.5) is 0 Å². The first-order valence-electron chi connectivity index (χ1n) is 20.4. The fraction of sp³-hybridized carbons (Fsp3) is 0. The van der Waals surface area contributed by atoms with Crippen molar-refractivity contribution in [2.24, 2.45) is 0 Å². The number of hydrogen-bond acceptors (Lipinski definition) is 1. The van der Waals surface area contributed by atoms with Crippen molar-refractivity contribution in [2.45, 2.75) is 0 Å². The van der Waals surface area contributed by atoms with Crippen molar-refractivity contribution in [1.82, 2.24) is 0 Å². The molecule has 1 heterocycles. The Hall–Kier alpha value is -7.74. The molecule has 0 saturated carbocycles. The number of benzene rings is 12. The van der Waals surface area contributed by atoms with E-state index in [2.05, 4.69) is 206 Å². The molecule has 1 heteroatoms. The van der Waals surface area contributed by atoms with Gasteiger partial charge in [0.25, 0.3) is 0 Å². The summed E-state index contributed by atoms with van der Waals surface area (Å²) in [4.78, 5) is 0. The zero-order chi connectivity index (χ0) is 38.6. The van der Waals surface area contributed by atoms with E-state index in [4.69, 9.17) is 4.42 Å². The molecule has 0 N–H and O–H groups in total. The third-order valence-electron chi connectivity index (χ3n) is 12.8. The van der Waals surface area contributed by atoms with Gasteiger partial charge in [0.15, 0.2) is 0 Å². The zero-order valence-corrected chi connectivity index (χ0v) is 32.0. The average molecular weight is 747 g/mol. The fourth-order valence-corrected chi connectivity index (χ4v) is 10.3. The van der Waals surface area contributed by atoms with Gasteiger partial charge in [0.1, 0.15) is 11.3 Å². The van der Waals surface area contributed by atoms with E-state index in [-0.39, 0.29) is 0 Å². The molecule has 0 radical (unpaired) electrons. The van der Waals surface area contributed by atoms with E-state index in [1.807, 2.05) is 0 Å². The van der Waals surface area contributed by atoms with Crippen molar-refractivity contribution in [3.05, 3.63) is 206 Å². The van der Waals surface area contributed by atoms with Crippen LogP contribution in [0.3, 0.4) is 0 Å². The maximum absolute atomic E-state index is 7.29. The Morgan fingerprint density at radius 2 is 0.610 bits per heavy atom. The van der Waals surface area contributed by atoms with Crippen LogP contribution in [-0.2, 0) is 0 Å². The molecule has 0 saturated heterocycles. The van der Waals surface area contributed by atoms with Crippen molar-refractivity contribution in [1.29, 1.82) is 0 Å². The van der Waals surface area contributed by atoms with E-state index in [1.165, 1.54) is 91.7 Å². The molecule has 13 aromatic rings. The number of rotatable bonds is 3. The standard InChI is InChI=1S/C58H34O/c1-2-16-35(17-3-1)55-49-31-30-36(50-33-51-41-22-6-4-18-37(41)39-20-8-12-26-45(39)56(51)47-28-14-10-24-43(47)50)32-54(49)59-58(55)53-34-52-42-23-7-5-19-38(42)40-21-9-13-27-46(40)57(52)48-29-15-11-25-44(48)53/h1-34H. The van der Waals surface area contributed by atoms with Gasteiger partial charge < -0.3 is 4.42 Å². The monoisotopic (exact) mass is 746 g/mol. The molecule has 0 unspecified atom stereocenters. The van der Waals surface area contributed by atoms with Crippen LogP contribution >= 0.6 is 0 Å². The van der Waals surface area contributed by atoms with Crippen LogP contribution < -0.4 is 0 Å². The summed E-state index contributed by atoms with van der Waals surface area (Å²) >= 11 is 0. The molecule has 59 heavy (non-hydrogen) atoms. The summed E-state index contributed by atoms with van der Waals surface area (Å²) in [6.07, 6.45) is 0. The smallest absolute Gasteiger partial charge is 0.143 e. The lowest BCUT2D eigenvalue weighted by molar-refractivity contribution is 0.633. The second-order valence-electron chi connectivity index (χ2n) is 15.9. The van der Waals surface area contributed by atoms with Gasteiger partial charge in [-0.2, -0.15) is 0 Å². The summed E-state index contributed by atoms with van der Waals surface area (Å²) in [5.41, 5.74) is 6.55. The molecule has 0 aliphatic carbocycles. The van der Waals surface area contributed by atoms with Crippen LogP contribution in [0.25, 0.3) is 131 Å². The van der Waals surface area contributed by atoms with Gasteiger partial charge in [0.05, 0.1) is 0 Å². The van der Waals surface area contributed by atoms with Crippen molar-refractivity contribution in [3.63, 3.8) is 0 Å². The van der Waals surface area contributed by atoms with E-state index in [1.54, 1.807) is 0 Å². The molecular formula is C58H34O. The third-order valence-corrected chi connectivity index (χ3v) is 12.8. The van der Waals surface area contributed by atoms with E-state index >= 15 is 0 Å². The summed E-state index contributed by atoms with van der Waals surface area (Å²) in [6, 6.07) is 75.5. The minimum atomic E-state index is 0.872. The van der Waals surface area contributed by atoms with Gasteiger partial charge in [0, 0.05) is 16.5 Å². The Bertz CT molecular complexity index is 3890. The van der Waals surface area contributed by atoms with Crippen LogP contribution in [0.1, 0.15) is 0 Å².